The van der Waals surface area contributed by atoms with Gasteiger partial charge in [-0.2, -0.15) is 0 Å². The van der Waals surface area contributed by atoms with Gasteiger partial charge in [-0.05, 0) is 23.6 Å². The Morgan fingerprint density at radius 2 is 1.56 bits per heavy atom. The van der Waals surface area contributed by atoms with E-state index >= 15 is 0 Å². The van der Waals surface area contributed by atoms with Gasteiger partial charge in [0.2, 0.25) is 0 Å². The highest BCUT2D eigenvalue weighted by Crippen LogP contribution is 2.34. The average molecular weight is 226 g/mol. The molecule has 0 radical (unpaired) electrons. The first-order valence-corrected chi connectivity index (χ1v) is 5.95. The molecule has 0 atom stereocenters. The molecule has 2 aromatic carbocycles. The highest BCUT2D eigenvalue weighted by Gasteiger charge is 2.02. The van der Waals surface area contributed by atoms with Crippen molar-refractivity contribution in [3.8, 4) is 10.8 Å². The Morgan fingerprint density at radius 3 is 2.38 bits per heavy atom. The minimum absolute atomic E-state index is 0.883. The lowest BCUT2D eigenvalue weighted by molar-refractivity contribution is 0.497. The van der Waals surface area contributed by atoms with Gasteiger partial charge in [-0.1, -0.05) is 47.7 Å². The van der Waals surface area contributed by atoms with Gasteiger partial charge in [0.15, 0.2) is 5.06 Å². The molecule has 0 aliphatic rings. The summed E-state index contributed by atoms with van der Waals surface area (Å²) >= 11 is 1.67. The molecule has 3 rings (SSSR count). The van der Waals surface area contributed by atoms with E-state index < -0.39 is 0 Å². The molecule has 0 unspecified atom stereocenters. The normalized spacial score (nSPS) is 10.5. The number of fused-ring (bicyclic) bond motifs is 1. The first kappa shape index (κ1) is 9.43. The summed E-state index contributed by atoms with van der Waals surface area (Å²) in [5.74, 6) is 0.883. The van der Waals surface area contributed by atoms with E-state index in [-0.39, 0.29) is 0 Å². The summed E-state index contributed by atoms with van der Waals surface area (Å²) in [6.45, 7) is 0. The molecule has 1 aromatic heterocycles. The number of para-hydroxylation sites is 1. The van der Waals surface area contributed by atoms with Gasteiger partial charge < -0.3 is 4.74 Å². The third kappa shape index (κ3) is 1.79. The molecule has 0 aliphatic heterocycles. The maximum atomic E-state index is 5.78. The minimum Gasteiger partial charge on any atom is -0.447 e. The molecule has 1 heterocycles. The van der Waals surface area contributed by atoms with Gasteiger partial charge in [0.25, 0.3) is 0 Å². The fourth-order valence-corrected chi connectivity index (χ4v) is 2.54. The number of benzene rings is 2. The van der Waals surface area contributed by atoms with Crippen molar-refractivity contribution in [1.29, 1.82) is 0 Å². The molecule has 3 aromatic rings. The van der Waals surface area contributed by atoms with Gasteiger partial charge in [0.1, 0.15) is 5.75 Å². The number of thiophene rings is 1. The number of ether oxygens (including phenoxy) is 1. The largest absolute Gasteiger partial charge is 0.447 e. The van der Waals surface area contributed by atoms with Crippen LogP contribution in [-0.4, -0.2) is 0 Å². The Hall–Kier alpha value is -1.80. The highest BCUT2D eigenvalue weighted by atomic mass is 32.1. The summed E-state index contributed by atoms with van der Waals surface area (Å²) < 4.78 is 7.04. The third-order valence-corrected chi connectivity index (χ3v) is 3.36. The van der Waals surface area contributed by atoms with Crippen LogP contribution in [0, 0.1) is 0 Å². The molecule has 0 N–H and O–H groups in total. The minimum atomic E-state index is 0.883. The summed E-state index contributed by atoms with van der Waals surface area (Å²) in [4.78, 5) is 0. The van der Waals surface area contributed by atoms with Crippen LogP contribution in [0.5, 0.6) is 10.8 Å². The van der Waals surface area contributed by atoms with Crippen molar-refractivity contribution < 1.29 is 4.74 Å². The molecular weight excluding hydrogens is 216 g/mol. The first-order valence-electron chi connectivity index (χ1n) is 5.13. The molecule has 0 saturated carbocycles. The van der Waals surface area contributed by atoms with Gasteiger partial charge in [-0.25, -0.2) is 0 Å². The molecule has 0 saturated heterocycles. The lowest BCUT2D eigenvalue weighted by atomic mass is 10.3. The van der Waals surface area contributed by atoms with Gasteiger partial charge in [-0.3, -0.25) is 0 Å². The summed E-state index contributed by atoms with van der Waals surface area (Å²) in [5, 5.41) is 2.17. The summed E-state index contributed by atoms with van der Waals surface area (Å²) in [6.07, 6.45) is 0. The monoisotopic (exact) mass is 226 g/mol. The molecule has 1 nitrogen and oxygen atoms in total. The molecule has 0 bridgehead atoms. The molecule has 2 heteroatoms. The van der Waals surface area contributed by atoms with E-state index in [9.17, 15) is 0 Å². The van der Waals surface area contributed by atoms with Crippen LogP contribution in [0.25, 0.3) is 10.1 Å². The second kappa shape index (κ2) is 3.99. The van der Waals surface area contributed by atoms with Crippen LogP contribution in [-0.2, 0) is 0 Å². The van der Waals surface area contributed by atoms with Gasteiger partial charge in [-0.15, -0.1) is 0 Å². The lowest BCUT2D eigenvalue weighted by Gasteiger charge is -2.00. The molecule has 0 fully saturated rings. The maximum absolute atomic E-state index is 5.78. The standard InChI is InChI=1S/C14H10OS/c1-2-7-12(8-3-1)15-14-10-11-6-4-5-9-13(11)16-14/h1-10H. The summed E-state index contributed by atoms with van der Waals surface area (Å²) in [7, 11) is 0. The zero-order valence-corrected chi connectivity index (χ0v) is 9.41. The van der Waals surface area contributed by atoms with Crippen LogP contribution in [0.15, 0.2) is 60.7 Å². The van der Waals surface area contributed by atoms with E-state index in [1.807, 2.05) is 42.5 Å². The van der Waals surface area contributed by atoms with Gasteiger partial charge >= 0.3 is 0 Å². The Bertz CT molecular complexity index is 565. The van der Waals surface area contributed by atoms with Gasteiger partial charge in [0.05, 0.1) is 0 Å². The van der Waals surface area contributed by atoms with E-state index in [4.69, 9.17) is 4.74 Å². The van der Waals surface area contributed by atoms with E-state index in [1.165, 1.54) is 10.1 Å². The predicted octanol–water partition coefficient (Wildman–Crippen LogP) is 4.69. The van der Waals surface area contributed by atoms with Crippen LogP contribution >= 0.6 is 11.3 Å². The third-order valence-electron chi connectivity index (χ3n) is 2.36. The van der Waals surface area contributed by atoms with Crippen LogP contribution < -0.4 is 4.74 Å². The Balaban J connectivity index is 1.95. The topological polar surface area (TPSA) is 9.23 Å². The van der Waals surface area contributed by atoms with E-state index in [1.54, 1.807) is 11.3 Å². The van der Waals surface area contributed by atoms with Crippen LogP contribution in [0.4, 0.5) is 0 Å². The molecular formula is C14H10OS. The lowest BCUT2D eigenvalue weighted by Crippen LogP contribution is -1.77. The van der Waals surface area contributed by atoms with Crippen molar-refractivity contribution in [2.24, 2.45) is 0 Å². The quantitative estimate of drug-likeness (QED) is 0.615. The molecule has 0 aliphatic carbocycles. The van der Waals surface area contributed by atoms with Crippen molar-refractivity contribution in [3.63, 3.8) is 0 Å². The summed E-state index contributed by atoms with van der Waals surface area (Å²) in [6, 6.07) is 20.2. The van der Waals surface area contributed by atoms with Crippen molar-refractivity contribution in [3.05, 3.63) is 60.7 Å². The SMILES string of the molecule is c1ccc(Oc2cc3ccccc3s2)cc1. The Morgan fingerprint density at radius 1 is 0.812 bits per heavy atom. The second-order valence-corrected chi connectivity index (χ2v) is 4.56. The van der Waals surface area contributed by atoms with Crippen molar-refractivity contribution in [1.82, 2.24) is 0 Å². The van der Waals surface area contributed by atoms with E-state index in [2.05, 4.69) is 18.2 Å². The zero-order valence-electron chi connectivity index (χ0n) is 8.59. The second-order valence-electron chi connectivity index (χ2n) is 3.52. The first-order chi connectivity index (χ1) is 7.92. The van der Waals surface area contributed by atoms with Crippen molar-refractivity contribution >= 4 is 21.4 Å². The van der Waals surface area contributed by atoms with Crippen molar-refractivity contribution in [2.75, 3.05) is 0 Å². The highest BCUT2D eigenvalue weighted by molar-refractivity contribution is 7.20. The smallest absolute Gasteiger partial charge is 0.182 e. The Kier molecular flexibility index (Phi) is 2.35. The Labute approximate surface area is 97.9 Å². The molecule has 16 heavy (non-hydrogen) atoms. The fourth-order valence-electron chi connectivity index (χ4n) is 1.61. The zero-order chi connectivity index (χ0) is 10.8. The molecule has 0 amide bonds. The number of hydrogen-bond donors (Lipinski definition) is 0. The van der Waals surface area contributed by atoms with Crippen molar-refractivity contribution in [2.45, 2.75) is 0 Å². The van der Waals surface area contributed by atoms with E-state index in [0.717, 1.165) is 10.8 Å². The average Bonchev–Trinajstić information content (AvgIpc) is 2.72. The molecule has 78 valence electrons. The number of hydrogen-bond acceptors (Lipinski definition) is 2. The maximum Gasteiger partial charge on any atom is 0.182 e. The fraction of sp³-hybridized carbons (Fsp3) is 0. The van der Waals surface area contributed by atoms with Crippen LogP contribution in [0.3, 0.4) is 0 Å². The number of rotatable bonds is 2. The van der Waals surface area contributed by atoms with Crippen LogP contribution in [0.1, 0.15) is 0 Å². The van der Waals surface area contributed by atoms with Gasteiger partial charge in [0, 0.05) is 10.8 Å². The summed E-state index contributed by atoms with van der Waals surface area (Å²) in [5.41, 5.74) is 0. The van der Waals surface area contributed by atoms with Crippen LogP contribution in [0.2, 0.25) is 0 Å². The predicted molar refractivity (Wildman–Crippen MR) is 68.3 cm³/mol. The van der Waals surface area contributed by atoms with E-state index in [0.29, 0.717) is 0 Å². The molecule has 0 spiro atoms.